The van der Waals surface area contributed by atoms with Gasteiger partial charge in [0.25, 0.3) is 5.91 Å². The van der Waals surface area contributed by atoms with Gasteiger partial charge < -0.3 is 16.0 Å². The first-order valence-corrected chi connectivity index (χ1v) is 7.45. The van der Waals surface area contributed by atoms with Gasteiger partial charge in [-0.3, -0.25) is 4.79 Å². The summed E-state index contributed by atoms with van der Waals surface area (Å²) in [5.41, 5.74) is 7.41. The molecule has 1 aromatic rings. The Morgan fingerprint density at radius 3 is 2.85 bits per heavy atom. The summed E-state index contributed by atoms with van der Waals surface area (Å²) in [6.45, 7) is 3.66. The summed E-state index contributed by atoms with van der Waals surface area (Å²) in [6, 6.07) is 7.75. The van der Waals surface area contributed by atoms with Gasteiger partial charge in [-0.1, -0.05) is 12.1 Å². The molecule has 1 saturated heterocycles. The Hall–Kier alpha value is -1.39. The van der Waals surface area contributed by atoms with Gasteiger partial charge >= 0.3 is 0 Å². The van der Waals surface area contributed by atoms with E-state index in [9.17, 15) is 4.79 Å². The van der Waals surface area contributed by atoms with Gasteiger partial charge in [-0.25, -0.2) is 0 Å². The van der Waals surface area contributed by atoms with E-state index in [4.69, 9.17) is 5.73 Å². The molecule has 4 nitrogen and oxygen atoms in total. The zero-order valence-corrected chi connectivity index (χ0v) is 12.3. The number of rotatable bonds is 5. The molecule has 0 bridgehead atoms. The number of nitrogens with zero attached hydrogens (tertiary/aromatic N) is 1. The van der Waals surface area contributed by atoms with Crippen LogP contribution in [0.15, 0.2) is 24.3 Å². The number of piperidine rings is 1. The van der Waals surface area contributed by atoms with Crippen LogP contribution in [0.4, 0.5) is 0 Å². The summed E-state index contributed by atoms with van der Waals surface area (Å²) < 4.78 is 0. The maximum absolute atomic E-state index is 12.2. The highest BCUT2D eigenvalue weighted by atomic mass is 16.1. The lowest BCUT2D eigenvalue weighted by atomic mass is 9.97. The van der Waals surface area contributed by atoms with Crippen molar-refractivity contribution in [3.63, 3.8) is 0 Å². The molecule has 0 aromatic heterocycles. The van der Waals surface area contributed by atoms with Crippen LogP contribution in [0.1, 0.15) is 28.8 Å². The summed E-state index contributed by atoms with van der Waals surface area (Å²) in [5.74, 6) is 0.644. The Bertz CT molecular complexity index is 439. The second-order valence-electron chi connectivity index (χ2n) is 5.70. The van der Waals surface area contributed by atoms with Crippen molar-refractivity contribution in [3.05, 3.63) is 35.4 Å². The first kappa shape index (κ1) is 15.0. The number of amides is 1. The number of carbonyl (C=O) groups is 1. The van der Waals surface area contributed by atoms with Gasteiger partial charge in [0.15, 0.2) is 0 Å². The van der Waals surface area contributed by atoms with Crippen molar-refractivity contribution in [1.29, 1.82) is 0 Å². The minimum Gasteiger partial charge on any atom is -0.352 e. The average Bonchev–Trinajstić information content (AvgIpc) is 2.47. The molecule has 4 heteroatoms. The fourth-order valence-corrected chi connectivity index (χ4v) is 2.64. The Kier molecular flexibility index (Phi) is 5.56. The molecule has 20 heavy (non-hydrogen) atoms. The maximum atomic E-state index is 12.2. The van der Waals surface area contributed by atoms with Crippen molar-refractivity contribution in [3.8, 4) is 0 Å². The highest BCUT2D eigenvalue weighted by Crippen LogP contribution is 2.15. The van der Waals surface area contributed by atoms with Crippen molar-refractivity contribution < 1.29 is 4.79 Å². The van der Waals surface area contributed by atoms with E-state index in [1.165, 1.54) is 12.8 Å². The van der Waals surface area contributed by atoms with E-state index < -0.39 is 0 Å². The van der Waals surface area contributed by atoms with Crippen molar-refractivity contribution in [1.82, 2.24) is 10.2 Å². The first-order chi connectivity index (χ1) is 9.69. The molecule has 3 N–H and O–H groups in total. The van der Waals surface area contributed by atoms with E-state index in [2.05, 4.69) is 17.3 Å². The number of nitrogens with one attached hydrogen (secondary N) is 1. The van der Waals surface area contributed by atoms with Crippen LogP contribution in [0.25, 0.3) is 0 Å². The summed E-state index contributed by atoms with van der Waals surface area (Å²) in [4.78, 5) is 14.5. The van der Waals surface area contributed by atoms with E-state index in [0.29, 0.717) is 12.5 Å². The average molecular weight is 275 g/mol. The Labute approximate surface area is 121 Å². The summed E-state index contributed by atoms with van der Waals surface area (Å²) in [7, 11) is 2.15. The van der Waals surface area contributed by atoms with Crippen molar-refractivity contribution >= 4 is 5.91 Å². The van der Waals surface area contributed by atoms with Crippen LogP contribution in [-0.2, 0) is 6.42 Å². The van der Waals surface area contributed by atoms with Gasteiger partial charge in [0.05, 0.1) is 0 Å². The summed E-state index contributed by atoms with van der Waals surface area (Å²) in [6.07, 6.45) is 3.16. The summed E-state index contributed by atoms with van der Waals surface area (Å²) in [5, 5.41) is 3.06. The molecule has 1 aliphatic rings. The second kappa shape index (κ2) is 7.41. The molecule has 1 amide bonds. The van der Waals surface area contributed by atoms with E-state index in [1.54, 1.807) is 0 Å². The lowest BCUT2D eigenvalue weighted by molar-refractivity contribution is 0.0939. The lowest BCUT2D eigenvalue weighted by Gasteiger charge is -2.28. The molecule has 110 valence electrons. The minimum atomic E-state index is 0.0304. The molecule has 0 radical (unpaired) electrons. The number of nitrogens with two attached hydrogens (primary N) is 1. The predicted molar refractivity (Wildman–Crippen MR) is 81.8 cm³/mol. The van der Waals surface area contributed by atoms with Crippen molar-refractivity contribution in [2.45, 2.75) is 19.3 Å². The maximum Gasteiger partial charge on any atom is 0.251 e. The van der Waals surface area contributed by atoms with Gasteiger partial charge in [0.1, 0.15) is 0 Å². The third-order valence-electron chi connectivity index (χ3n) is 4.01. The predicted octanol–water partition coefficient (Wildman–Crippen LogP) is 1.26. The van der Waals surface area contributed by atoms with Gasteiger partial charge in [-0.05, 0) is 69.6 Å². The molecule has 0 aliphatic carbocycles. The van der Waals surface area contributed by atoms with Crippen LogP contribution in [0.2, 0.25) is 0 Å². The standard InChI is InChI=1S/C16H25N3O/c1-19-9-6-14(7-10-19)12-18-16(20)15-4-2-3-13(11-15)5-8-17/h2-4,11,14H,5-10,12,17H2,1H3,(H,18,20). The fourth-order valence-electron chi connectivity index (χ4n) is 2.64. The van der Waals surface area contributed by atoms with Gasteiger partial charge in [0.2, 0.25) is 0 Å². The minimum absolute atomic E-state index is 0.0304. The Balaban J connectivity index is 1.83. The van der Waals surface area contributed by atoms with Gasteiger partial charge in [0, 0.05) is 12.1 Å². The van der Waals surface area contributed by atoms with E-state index in [0.717, 1.165) is 37.2 Å². The number of likely N-dealkylation sites (tertiary alicyclic amines) is 1. The molecular formula is C16H25N3O. The zero-order valence-electron chi connectivity index (χ0n) is 12.3. The Morgan fingerprint density at radius 2 is 2.15 bits per heavy atom. The van der Waals surface area contributed by atoms with Crippen LogP contribution in [0, 0.1) is 5.92 Å². The Morgan fingerprint density at radius 1 is 1.40 bits per heavy atom. The molecule has 0 atom stereocenters. The third-order valence-corrected chi connectivity index (χ3v) is 4.01. The highest BCUT2D eigenvalue weighted by molar-refractivity contribution is 5.94. The molecule has 0 saturated carbocycles. The molecule has 1 heterocycles. The molecule has 0 unspecified atom stereocenters. The smallest absolute Gasteiger partial charge is 0.251 e. The van der Waals surface area contributed by atoms with Crippen LogP contribution in [-0.4, -0.2) is 44.0 Å². The first-order valence-electron chi connectivity index (χ1n) is 7.45. The lowest BCUT2D eigenvalue weighted by Crippen LogP contribution is -2.36. The van der Waals surface area contributed by atoms with Gasteiger partial charge in [-0.15, -0.1) is 0 Å². The van der Waals surface area contributed by atoms with E-state index >= 15 is 0 Å². The van der Waals surface area contributed by atoms with E-state index in [1.807, 2.05) is 24.3 Å². The molecule has 1 aliphatic heterocycles. The summed E-state index contributed by atoms with van der Waals surface area (Å²) >= 11 is 0. The fraction of sp³-hybridized carbons (Fsp3) is 0.562. The number of benzene rings is 1. The molecule has 0 spiro atoms. The van der Waals surface area contributed by atoms with Crippen LogP contribution >= 0.6 is 0 Å². The van der Waals surface area contributed by atoms with Crippen LogP contribution in [0.3, 0.4) is 0 Å². The molecular weight excluding hydrogens is 250 g/mol. The second-order valence-corrected chi connectivity index (χ2v) is 5.70. The quantitative estimate of drug-likeness (QED) is 0.850. The number of hydrogen-bond donors (Lipinski definition) is 2. The topological polar surface area (TPSA) is 58.4 Å². The van der Waals surface area contributed by atoms with Crippen molar-refractivity contribution in [2.24, 2.45) is 11.7 Å². The monoisotopic (exact) mass is 275 g/mol. The number of hydrogen-bond acceptors (Lipinski definition) is 3. The third kappa shape index (κ3) is 4.32. The van der Waals surface area contributed by atoms with Crippen molar-refractivity contribution in [2.75, 3.05) is 33.2 Å². The molecule has 1 fully saturated rings. The van der Waals surface area contributed by atoms with Gasteiger partial charge in [-0.2, -0.15) is 0 Å². The van der Waals surface area contributed by atoms with E-state index in [-0.39, 0.29) is 5.91 Å². The SMILES string of the molecule is CN1CCC(CNC(=O)c2cccc(CCN)c2)CC1. The molecule has 2 rings (SSSR count). The largest absolute Gasteiger partial charge is 0.352 e. The highest BCUT2D eigenvalue weighted by Gasteiger charge is 2.17. The van der Waals surface area contributed by atoms with Crippen LogP contribution < -0.4 is 11.1 Å². The van der Waals surface area contributed by atoms with Crippen LogP contribution in [0.5, 0.6) is 0 Å². The number of carbonyl (C=O) groups excluding carboxylic acids is 1. The molecule has 1 aromatic carbocycles. The zero-order chi connectivity index (χ0) is 14.4. The normalized spacial score (nSPS) is 17.1.